The number of aliphatic hydroxyl groups excluding tert-OH is 1. The van der Waals surface area contributed by atoms with Gasteiger partial charge >= 0.3 is 0 Å². The van der Waals surface area contributed by atoms with E-state index in [-0.39, 0.29) is 6.61 Å². The Bertz CT molecular complexity index is 1040. The fraction of sp³-hybridized carbons (Fsp3) is 0.385. The van der Waals surface area contributed by atoms with Gasteiger partial charge in [0.25, 0.3) is 0 Å². The lowest BCUT2D eigenvalue weighted by Gasteiger charge is -2.37. The Balaban J connectivity index is 1.30. The van der Waals surface area contributed by atoms with Gasteiger partial charge in [-0.2, -0.15) is 0 Å². The van der Waals surface area contributed by atoms with E-state index in [9.17, 15) is 5.11 Å². The Morgan fingerprint density at radius 3 is 2.18 bits per heavy atom. The fourth-order valence-corrected chi connectivity index (χ4v) is 4.34. The van der Waals surface area contributed by atoms with Crippen LogP contribution in [0, 0.1) is 0 Å². The third-order valence-electron chi connectivity index (χ3n) is 6.03. The number of anilines is 1. The predicted molar refractivity (Wildman–Crippen MR) is 130 cm³/mol. The first-order chi connectivity index (χ1) is 16.1. The summed E-state index contributed by atoms with van der Waals surface area (Å²) >= 11 is 0. The molecule has 176 valence electrons. The highest BCUT2D eigenvalue weighted by Crippen LogP contribution is 2.40. The molecule has 0 radical (unpaired) electrons. The fourth-order valence-electron chi connectivity index (χ4n) is 4.34. The number of piperazine rings is 1. The molecule has 1 N–H and O–H groups in total. The highest BCUT2D eigenvalue weighted by atomic mass is 16.5. The van der Waals surface area contributed by atoms with E-state index in [0.717, 1.165) is 26.2 Å². The number of aliphatic hydroxyl groups is 1. The lowest BCUT2D eigenvalue weighted by molar-refractivity contribution is 0.0661. The van der Waals surface area contributed by atoms with E-state index in [2.05, 4.69) is 52.3 Å². The van der Waals surface area contributed by atoms with Gasteiger partial charge in [0.2, 0.25) is 5.75 Å². The van der Waals surface area contributed by atoms with Crippen molar-refractivity contribution in [1.29, 1.82) is 0 Å². The van der Waals surface area contributed by atoms with Gasteiger partial charge in [0.1, 0.15) is 18.5 Å². The number of nitrogens with zero attached hydrogens (tertiary/aromatic N) is 2. The highest BCUT2D eigenvalue weighted by molar-refractivity contribution is 5.94. The van der Waals surface area contributed by atoms with Crippen molar-refractivity contribution < 1.29 is 24.1 Å². The average Bonchev–Trinajstić information content (AvgIpc) is 2.87. The van der Waals surface area contributed by atoms with Gasteiger partial charge in [0.05, 0.1) is 21.3 Å². The topological polar surface area (TPSA) is 63.6 Å². The zero-order chi connectivity index (χ0) is 23.2. The molecule has 1 unspecified atom stereocenters. The maximum absolute atomic E-state index is 10.6. The van der Waals surface area contributed by atoms with Gasteiger partial charge in [-0.25, -0.2) is 0 Å². The molecule has 1 fully saturated rings. The van der Waals surface area contributed by atoms with Gasteiger partial charge in [-0.3, -0.25) is 4.90 Å². The molecule has 3 aromatic carbocycles. The van der Waals surface area contributed by atoms with Gasteiger partial charge in [-0.15, -0.1) is 0 Å². The van der Waals surface area contributed by atoms with Crippen molar-refractivity contribution in [1.82, 2.24) is 4.90 Å². The average molecular weight is 453 g/mol. The highest BCUT2D eigenvalue weighted by Gasteiger charge is 2.21. The third kappa shape index (κ3) is 5.26. The predicted octanol–water partition coefficient (Wildman–Crippen LogP) is 3.43. The van der Waals surface area contributed by atoms with E-state index in [4.69, 9.17) is 18.9 Å². The second-order valence-corrected chi connectivity index (χ2v) is 8.11. The number of hydrogen-bond acceptors (Lipinski definition) is 7. The van der Waals surface area contributed by atoms with Crippen LogP contribution in [0.1, 0.15) is 0 Å². The van der Waals surface area contributed by atoms with Crippen LogP contribution in [0.25, 0.3) is 10.8 Å². The molecule has 0 aromatic heterocycles. The molecular formula is C26H32N2O5. The second-order valence-electron chi connectivity index (χ2n) is 8.11. The molecule has 1 aliphatic heterocycles. The third-order valence-corrected chi connectivity index (χ3v) is 6.03. The summed E-state index contributed by atoms with van der Waals surface area (Å²) < 4.78 is 21.9. The number of benzene rings is 3. The van der Waals surface area contributed by atoms with Crippen LogP contribution in [0.5, 0.6) is 23.0 Å². The van der Waals surface area contributed by atoms with E-state index in [1.165, 1.54) is 16.5 Å². The molecule has 1 atom stereocenters. The van der Waals surface area contributed by atoms with Crippen LogP contribution in [0.4, 0.5) is 5.69 Å². The lowest BCUT2D eigenvalue weighted by atomic mass is 10.1. The second kappa shape index (κ2) is 10.6. The lowest BCUT2D eigenvalue weighted by Crippen LogP contribution is -2.49. The SMILES string of the molecule is COc1cc(OCC(O)CN2CCN(c3cccc4ccccc34)CC2)cc(OC)c1OC. The van der Waals surface area contributed by atoms with Crippen molar-refractivity contribution in [3.63, 3.8) is 0 Å². The summed E-state index contributed by atoms with van der Waals surface area (Å²) in [5.74, 6) is 2.11. The Labute approximate surface area is 195 Å². The summed E-state index contributed by atoms with van der Waals surface area (Å²) in [5.41, 5.74) is 1.28. The zero-order valence-corrected chi connectivity index (χ0v) is 19.5. The Hall–Kier alpha value is -3.16. The minimum absolute atomic E-state index is 0.183. The summed E-state index contributed by atoms with van der Waals surface area (Å²) in [5, 5.41) is 13.1. The van der Waals surface area contributed by atoms with Gasteiger partial charge < -0.3 is 29.0 Å². The number of fused-ring (bicyclic) bond motifs is 1. The standard InChI is InChI=1S/C26H32N2O5/c1-30-24-15-21(16-25(31-2)26(24)32-3)33-18-20(29)17-27-11-13-28(14-12-27)23-10-6-8-19-7-4-5-9-22(19)23/h4-10,15-16,20,29H,11-14,17-18H2,1-3H3. The van der Waals surface area contributed by atoms with Crippen LogP contribution in [0.3, 0.4) is 0 Å². The Morgan fingerprint density at radius 1 is 0.848 bits per heavy atom. The first-order valence-corrected chi connectivity index (χ1v) is 11.2. The molecular weight excluding hydrogens is 420 g/mol. The largest absolute Gasteiger partial charge is 0.493 e. The maximum atomic E-state index is 10.6. The van der Waals surface area contributed by atoms with E-state index >= 15 is 0 Å². The van der Waals surface area contributed by atoms with Crippen LogP contribution in [-0.4, -0.2) is 76.8 Å². The number of hydrogen-bond donors (Lipinski definition) is 1. The van der Waals surface area contributed by atoms with Gasteiger partial charge in [0.15, 0.2) is 11.5 Å². The van der Waals surface area contributed by atoms with Crippen LogP contribution < -0.4 is 23.8 Å². The first kappa shape index (κ1) is 23.0. The molecule has 7 nitrogen and oxygen atoms in total. The van der Waals surface area contributed by atoms with E-state index in [1.54, 1.807) is 33.5 Å². The monoisotopic (exact) mass is 452 g/mol. The van der Waals surface area contributed by atoms with Gasteiger partial charge in [0, 0.05) is 55.9 Å². The molecule has 0 aliphatic carbocycles. The van der Waals surface area contributed by atoms with E-state index in [1.807, 2.05) is 0 Å². The van der Waals surface area contributed by atoms with E-state index < -0.39 is 6.10 Å². The first-order valence-electron chi connectivity index (χ1n) is 11.2. The minimum Gasteiger partial charge on any atom is -0.493 e. The molecule has 1 heterocycles. The summed E-state index contributed by atoms with van der Waals surface area (Å²) in [6.45, 7) is 4.38. The summed E-state index contributed by atoms with van der Waals surface area (Å²) in [4.78, 5) is 4.71. The molecule has 33 heavy (non-hydrogen) atoms. The molecule has 3 aromatic rings. The van der Waals surface area contributed by atoms with Crippen molar-refractivity contribution in [3.05, 3.63) is 54.6 Å². The summed E-state index contributed by atoms with van der Waals surface area (Å²) in [6.07, 6.45) is -0.604. The van der Waals surface area contributed by atoms with Gasteiger partial charge in [-0.05, 0) is 11.5 Å². The Kier molecular flexibility index (Phi) is 7.42. The number of β-amino-alcohol motifs (C(OH)–C–C–N with tert-alkyl or cyclic N) is 1. The Morgan fingerprint density at radius 2 is 1.52 bits per heavy atom. The zero-order valence-electron chi connectivity index (χ0n) is 19.5. The van der Waals surface area contributed by atoms with Crippen molar-refractivity contribution in [2.45, 2.75) is 6.10 Å². The summed E-state index contributed by atoms with van der Waals surface area (Å²) in [7, 11) is 4.69. The smallest absolute Gasteiger partial charge is 0.203 e. The molecule has 1 saturated heterocycles. The molecule has 1 aliphatic rings. The molecule has 4 rings (SSSR count). The van der Waals surface area contributed by atoms with Crippen LogP contribution in [0.2, 0.25) is 0 Å². The van der Waals surface area contributed by atoms with Crippen molar-refractivity contribution >= 4 is 16.5 Å². The van der Waals surface area contributed by atoms with Gasteiger partial charge in [-0.1, -0.05) is 36.4 Å². The quantitative estimate of drug-likeness (QED) is 0.534. The molecule has 0 amide bonds. The number of ether oxygens (including phenoxy) is 4. The number of rotatable bonds is 9. The van der Waals surface area contributed by atoms with Crippen molar-refractivity contribution in [2.24, 2.45) is 0 Å². The van der Waals surface area contributed by atoms with E-state index in [0.29, 0.717) is 29.5 Å². The van der Waals surface area contributed by atoms with Crippen molar-refractivity contribution in [3.8, 4) is 23.0 Å². The maximum Gasteiger partial charge on any atom is 0.203 e. The van der Waals surface area contributed by atoms with Crippen LogP contribution in [0.15, 0.2) is 54.6 Å². The molecule has 0 bridgehead atoms. The summed E-state index contributed by atoms with van der Waals surface area (Å²) in [6, 6.07) is 18.4. The molecule has 7 heteroatoms. The number of methoxy groups -OCH3 is 3. The van der Waals surface area contributed by atoms with Crippen LogP contribution >= 0.6 is 0 Å². The normalized spacial score (nSPS) is 15.3. The van der Waals surface area contributed by atoms with Crippen molar-refractivity contribution in [2.75, 3.05) is 65.6 Å². The molecule has 0 saturated carbocycles. The molecule has 0 spiro atoms. The van der Waals surface area contributed by atoms with Crippen LogP contribution in [-0.2, 0) is 0 Å². The minimum atomic E-state index is -0.604.